The molecule has 1 atom stereocenters. The molecule has 1 saturated carbocycles. The average molecular weight is 354 g/mol. The highest BCUT2D eigenvalue weighted by molar-refractivity contribution is 6.30. The number of benzene rings is 1. The molecule has 0 aromatic heterocycles. The summed E-state index contributed by atoms with van der Waals surface area (Å²) >= 11 is 6.12. The van der Waals surface area contributed by atoms with Crippen LogP contribution in [0.3, 0.4) is 0 Å². The molecule has 2 aliphatic rings. The number of nitrogens with zero attached hydrogens (tertiary/aromatic N) is 1. The Kier molecular flexibility index (Phi) is 7.58. The third-order valence-electron chi connectivity index (χ3n) is 4.45. The molecule has 3 nitrogen and oxygen atoms in total. The van der Waals surface area contributed by atoms with Gasteiger partial charge in [0.15, 0.2) is 0 Å². The fraction of sp³-hybridized carbons (Fsp3) is 0.600. The minimum Gasteiger partial charge on any atom is -0.508 e. The van der Waals surface area contributed by atoms with Gasteiger partial charge in [-0.1, -0.05) is 18.0 Å². The van der Waals surface area contributed by atoms with Crippen molar-refractivity contribution in [3.8, 4) is 5.75 Å². The van der Waals surface area contributed by atoms with Gasteiger partial charge in [-0.05, 0) is 37.0 Å². The van der Waals surface area contributed by atoms with Crippen LogP contribution in [-0.2, 0) is 0 Å². The molecular formula is C15H23Cl3N2O. The molecule has 1 aromatic carbocycles. The Morgan fingerprint density at radius 3 is 2.43 bits per heavy atom. The summed E-state index contributed by atoms with van der Waals surface area (Å²) in [6, 6.07) is 5.76. The SMILES string of the molecule is Cl.Cl.Oc1ccc(Cl)cc1[C@H](C1CCC1)N1CCNCC1. The van der Waals surface area contributed by atoms with Gasteiger partial charge in [0.05, 0.1) is 0 Å². The number of halogens is 3. The lowest BCUT2D eigenvalue weighted by Gasteiger charge is -2.43. The monoisotopic (exact) mass is 352 g/mol. The summed E-state index contributed by atoms with van der Waals surface area (Å²) in [6.45, 7) is 4.16. The van der Waals surface area contributed by atoms with E-state index >= 15 is 0 Å². The summed E-state index contributed by atoms with van der Waals surface area (Å²) in [5, 5.41) is 14.3. The lowest BCUT2D eigenvalue weighted by Crippen LogP contribution is -2.47. The van der Waals surface area contributed by atoms with Crippen molar-refractivity contribution in [1.82, 2.24) is 10.2 Å². The summed E-state index contributed by atoms with van der Waals surface area (Å²) in [7, 11) is 0. The van der Waals surface area contributed by atoms with Crippen LogP contribution in [0.1, 0.15) is 30.9 Å². The van der Waals surface area contributed by atoms with E-state index in [4.69, 9.17) is 11.6 Å². The van der Waals surface area contributed by atoms with E-state index in [1.807, 2.05) is 6.07 Å². The number of phenolic OH excluding ortho intramolecular Hbond substituents is 1. The van der Waals surface area contributed by atoms with Crippen molar-refractivity contribution in [2.45, 2.75) is 25.3 Å². The molecule has 0 unspecified atom stereocenters. The second kappa shape index (κ2) is 8.44. The Bertz CT molecular complexity index is 449. The second-order valence-electron chi connectivity index (χ2n) is 5.62. The highest BCUT2D eigenvalue weighted by Gasteiger charge is 2.34. The topological polar surface area (TPSA) is 35.5 Å². The van der Waals surface area contributed by atoms with Gasteiger partial charge in [0.1, 0.15) is 5.75 Å². The Hall–Kier alpha value is -0.190. The normalized spacial score (nSPS) is 20.8. The maximum absolute atomic E-state index is 10.2. The fourth-order valence-electron chi connectivity index (χ4n) is 3.23. The Labute approximate surface area is 143 Å². The summed E-state index contributed by atoms with van der Waals surface area (Å²) in [4.78, 5) is 2.51. The standard InChI is InChI=1S/C15H21ClN2O.2ClH/c16-12-4-5-14(19)13(10-12)15(11-2-1-3-11)18-8-6-17-7-9-18;;/h4-5,10-11,15,17,19H,1-3,6-9H2;2*1H/t15-;;/m0../s1. The number of nitrogens with one attached hydrogen (secondary N) is 1. The molecule has 3 rings (SSSR count). The molecule has 2 fully saturated rings. The summed E-state index contributed by atoms with van der Waals surface area (Å²) in [5.74, 6) is 1.06. The highest BCUT2D eigenvalue weighted by Crippen LogP contribution is 2.44. The van der Waals surface area contributed by atoms with Crippen LogP contribution in [0.4, 0.5) is 0 Å². The molecule has 0 spiro atoms. The second-order valence-corrected chi connectivity index (χ2v) is 6.06. The van der Waals surface area contributed by atoms with Gasteiger partial charge in [-0.3, -0.25) is 4.90 Å². The first-order valence-corrected chi connectivity index (χ1v) is 7.56. The molecule has 1 aromatic rings. The highest BCUT2D eigenvalue weighted by atomic mass is 35.5. The van der Waals surface area contributed by atoms with Crippen molar-refractivity contribution in [3.05, 3.63) is 28.8 Å². The van der Waals surface area contributed by atoms with Crippen molar-refractivity contribution in [2.75, 3.05) is 26.2 Å². The van der Waals surface area contributed by atoms with Crippen LogP contribution >= 0.6 is 36.4 Å². The number of hydrogen-bond donors (Lipinski definition) is 2. The van der Waals surface area contributed by atoms with Crippen molar-refractivity contribution in [3.63, 3.8) is 0 Å². The van der Waals surface area contributed by atoms with Gasteiger partial charge in [0, 0.05) is 42.8 Å². The molecule has 120 valence electrons. The van der Waals surface area contributed by atoms with Crippen LogP contribution in [0, 0.1) is 5.92 Å². The maximum Gasteiger partial charge on any atom is 0.120 e. The van der Waals surface area contributed by atoms with Gasteiger partial charge in [-0.2, -0.15) is 0 Å². The quantitative estimate of drug-likeness (QED) is 0.871. The molecule has 0 radical (unpaired) electrons. The molecular weight excluding hydrogens is 331 g/mol. The maximum atomic E-state index is 10.2. The van der Waals surface area contributed by atoms with Gasteiger partial charge >= 0.3 is 0 Å². The first-order chi connectivity index (χ1) is 9.25. The van der Waals surface area contributed by atoms with Crippen molar-refractivity contribution in [1.29, 1.82) is 0 Å². The minimum absolute atomic E-state index is 0. The van der Waals surface area contributed by atoms with Crippen LogP contribution < -0.4 is 5.32 Å². The van der Waals surface area contributed by atoms with Crippen LogP contribution in [0.5, 0.6) is 5.75 Å². The Morgan fingerprint density at radius 2 is 1.86 bits per heavy atom. The van der Waals surface area contributed by atoms with Crippen LogP contribution in [0.25, 0.3) is 0 Å². The summed E-state index contributed by atoms with van der Waals surface area (Å²) in [5.41, 5.74) is 1.01. The molecule has 1 heterocycles. The predicted molar refractivity (Wildman–Crippen MR) is 92.1 cm³/mol. The van der Waals surface area contributed by atoms with Crippen LogP contribution in [0.15, 0.2) is 18.2 Å². The molecule has 0 bridgehead atoms. The van der Waals surface area contributed by atoms with Gasteiger partial charge < -0.3 is 10.4 Å². The first kappa shape index (κ1) is 18.9. The van der Waals surface area contributed by atoms with Crippen molar-refractivity contribution >= 4 is 36.4 Å². The Balaban J connectivity index is 0.00000110. The lowest BCUT2D eigenvalue weighted by atomic mass is 9.76. The third-order valence-corrected chi connectivity index (χ3v) is 4.68. The number of rotatable bonds is 3. The van der Waals surface area contributed by atoms with Gasteiger partial charge in [-0.15, -0.1) is 24.8 Å². The predicted octanol–water partition coefficient (Wildman–Crippen LogP) is 3.64. The van der Waals surface area contributed by atoms with Gasteiger partial charge in [-0.25, -0.2) is 0 Å². The zero-order valence-electron chi connectivity index (χ0n) is 11.9. The van der Waals surface area contributed by atoms with Gasteiger partial charge in [0.25, 0.3) is 0 Å². The van der Waals surface area contributed by atoms with Crippen molar-refractivity contribution < 1.29 is 5.11 Å². The number of aromatic hydroxyl groups is 1. The smallest absolute Gasteiger partial charge is 0.120 e. The summed E-state index contributed by atoms with van der Waals surface area (Å²) < 4.78 is 0. The van der Waals surface area contributed by atoms with E-state index < -0.39 is 0 Å². The first-order valence-electron chi connectivity index (χ1n) is 7.19. The molecule has 6 heteroatoms. The van der Waals surface area contributed by atoms with Crippen molar-refractivity contribution in [2.24, 2.45) is 5.92 Å². The van der Waals surface area contributed by atoms with E-state index in [0.29, 0.717) is 22.7 Å². The van der Waals surface area contributed by atoms with E-state index in [0.717, 1.165) is 31.7 Å². The van der Waals surface area contributed by atoms with Gasteiger partial charge in [0.2, 0.25) is 0 Å². The van der Waals surface area contributed by atoms with Crippen LogP contribution in [-0.4, -0.2) is 36.2 Å². The number of piperazine rings is 1. The third kappa shape index (κ3) is 4.17. The molecule has 0 amide bonds. The number of hydrogen-bond acceptors (Lipinski definition) is 3. The zero-order valence-corrected chi connectivity index (χ0v) is 14.3. The molecule has 21 heavy (non-hydrogen) atoms. The minimum atomic E-state index is 0. The van der Waals surface area contributed by atoms with E-state index in [1.165, 1.54) is 19.3 Å². The average Bonchev–Trinajstić information content (AvgIpc) is 2.38. The number of phenols is 1. The Morgan fingerprint density at radius 1 is 1.19 bits per heavy atom. The fourth-order valence-corrected chi connectivity index (χ4v) is 3.41. The lowest BCUT2D eigenvalue weighted by molar-refractivity contribution is 0.0819. The molecule has 1 saturated heterocycles. The van der Waals surface area contributed by atoms with E-state index in [-0.39, 0.29) is 24.8 Å². The zero-order chi connectivity index (χ0) is 13.2. The summed E-state index contributed by atoms with van der Waals surface area (Å²) in [6.07, 6.45) is 3.84. The van der Waals surface area contributed by atoms with E-state index in [1.54, 1.807) is 12.1 Å². The molecule has 1 aliphatic carbocycles. The molecule has 1 aliphatic heterocycles. The van der Waals surface area contributed by atoms with E-state index in [2.05, 4.69) is 10.2 Å². The largest absolute Gasteiger partial charge is 0.508 e. The van der Waals surface area contributed by atoms with E-state index in [9.17, 15) is 5.11 Å². The molecule has 2 N–H and O–H groups in total. The van der Waals surface area contributed by atoms with Crippen LogP contribution in [0.2, 0.25) is 5.02 Å².